The molecule has 2 atom stereocenters. The third-order valence-electron chi connectivity index (χ3n) is 6.39. The molecule has 3 aromatic rings. The second-order valence-corrected chi connectivity index (χ2v) is 9.21. The van der Waals surface area contributed by atoms with Crippen LogP contribution in [0.3, 0.4) is 0 Å². The van der Waals surface area contributed by atoms with E-state index in [4.69, 9.17) is 11.6 Å². The SMILES string of the molecule is N#Cc1cc(Nc2nc(NC3CC3)n3ncc(C#N)c3n2)c(Cl)c(N2CC3CCC(C2)N3)c1. The number of nitrogens with one attached hydrogen (secondary N) is 3. The summed E-state index contributed by atoms with van der Waals surface area (Å²) in [5, 5.41) is 34.0. The topological polar surface area (TPSA) is 130 Å². The van der Waals surface area contributed by atoms with E-state index in [0.717, 1.165) is 44.5 Å². The maximum absolute atomic E-state index is 9.65. The number of halogens is 1. The van der Waals surface area contributed by atoms with Gasteiger partial charge in [-0.05, 0) is 37.8 Å². The van der Waals surface area contributed by atoms with Crippen molar-refractivity contribution in [3.8, 4) is 12.1 Å². The van der Waals surface area contributed by atoms with Gasteiger partial charge < -0.3 is 20.9 Å². The average molecular weight is 461 g/mol. The number of benzene rings is 1. The summed E-state index contributed by atoms with van der Waals surface area (Å²) >= 11 is 6.85. The van der Waals surface area contributed by atoms with E-state index in [2.05, 4.69) is 48.1 Å². The first-order valence-corrected chi connectivity index (χ1v) is 11.4. The molecule has 0 radical (unpaired) electrons. The number of rotatable bonds is 5. The Hall–Kier alpha value is -3.60. The predicted octanol–water partition coefficient (Wildman–Crippen LogP) is 2.78. The lowest BCUT2D eigenvalue weighted by Gasteiger charge is -2.35. The van der Waals surface area contributed by atoms with E-state index in [9.17, 15) is 10.5 Å². The molecule has 2 aromatic heterocycles. The highest BCUT2D eigenvalue weighted by molar-refractivity contribution is 6.36. The molecule has 3 aliphatic rings. The molecule has 2 unspecified atom stereocenters. The van der Waals surface area contributed by atoms with Crippen LogP contribution in [0.25, 0.3) is 5.65 Å². The minimum absolute atomic E-state index is 0.283. The maximum atomic E-state index is 9.65. The first-order valence-electron chi connectivity index (χ1n) is 11.1. The molecular weight excluding hydrogens is 440 g/mol. The fraction of sp³-hybridized carbons (Fsp3) is 0.409. The Morgan fingerprint density at radius 3 is 2.55 bits per heavy atom. The molecule has 1 aliphatic carbocycles. The third-order valence-corrected chi connectivity index (χ3v) is 6.78. The van der Waals surface area contributed by atoms with Crippen molar-refractivity contribution in [3.05, 3.63) is 34.5 Å². The highest BCUT2D eigenvalue weighted by Crippen LogP contribution is 2.38. The van der Waals surface area contributed by atoms with Gasteiger partial charge in [-0.3, -0.25) is 0 Å². The van der Waals surface area contributed by atoms with Crippen LogP contribution in [-0.4, -0.2) is 50.8 Å². The minimum atomic E-state index is 0.283. The van der Waals surface area contributed by atoms with Crippen LogP contribution < -0.4 is 20.9 Å². The van der Waals surface area contributed by atoms with Gasteiger partial charge in [-0.25, -0.2) is 0 Å². The van der Waals surface area contributed by atoms with Crippen molar-refractivity contribution < 1.29 is 0 Å². The lowest BCUT2D eigenvalue weighted by atomic mass is 10.1. The molecular formula is C22H21ClN10. The van der Waals surface area contributed by atoms with Crippen molar-refractivity contribution in [2.75, 3.05) is 28.6 Å². The van der Waals surface area contributed by atoms with Crippen LogP contribution in [0.4, 0.5) is 23.3 Å². The molecule has 2 saturated heterocycles. The molecule has 3 N–H and O–H groups in total. The fourth-order valence-electron chi connectivity index (χ4n) is 4.62. The zero-order valence-electron chi connectivity index (χ0n) is 17.7. The molecule has 2 aliphatic heterocycles. The zero-order chi connectivity index (χ0) is 22.5. The number of hydrogen-bond donors (Lipinski definition) is 3. The van der Waals surface area contributed by atoms with Gasteiger partial charge in [0.1, 0.15) is 11.6 Å². The van der Waals surface area contributed by atoms with Crippen molar-refractivity contribution >= 4 is 40.5 Å². The Bertz CT molecular complexity index is 1320. The van der Waals surface area contributed by atoms with Gasteiger partial charge >= 0.3 is 0 Å². The molecule has 1 aromatic carbocycles. The quantitative estimate of drug-likeness (QED) is 0.526. The Morgan fingerprint density at radius 2 is 1.85 bits per heavy atom. The van der Waals surface area contributed by atoms with E-state index >= 15 is 0 Å². The number of anilines is 4. The van der Waals surface area contributed by atoms with Crippen molar-refractivity contribution in [1.82, 2.24) is 24.9 Å². The van der Waals surface area contributed by atoms with Gasteiger partial charge in [0.2, 0.25) is 11.9 Å². The summed E-state index contributed by atoms with van der Waals surface area (Å²) in [6, 6.07) is 9.12. The maximum Gasteiger partial charge on any atom is 0.232 e. The number of hydrogen-bond acceptors (Lipinski definition) is 9. The summed E-state index contributed by atoms with van der Waals surface area (Å²) in [5.74, 6) is 0.795. The Kier molecular flexibility index (Phi) is 4.72. The van der Waals surface area contributed by atoms with Crippen LogP contribution >= 0.6 is 11.6 Å². The second kappa shape index (κ2) is 7.77. The van der Waals surface area contributed by atoms with Crippen LogP contribution in [0.15, 0.2) is 18.3 Å². The third kappa shape index (κ3) is 3.67. The molecule has 166 valence electrons. The van der Waals surface area contributed by atoms with Gasteiger partial charge in [0.05, 0.1) is 34.2 Å². The summed E-state index contributed by atoms with van der Waals surface area (Å²) in [7, 11) is 0. The van der Waals surface area contributed by atoms with Gasteiger partial charge in [-0.1, -0.05) is 11.6 Å². The molecule has 6 rings (SSSR count). The van der Waals surface area contributed by atoms with Crippen LogP contribution in [0.5, 0.6) is 0 Å². The monoisotopic (exact) mass is 460 g/mol. The van der Waals surface area contributed by atoms with E-state index in [1.807, 2.05) is 6.07 Å². The van der Waals surface area contributed by atoms with Crippen molar-refractivity contribution in [3.63, 3.8) is 0 Å². The van der Waals surface area contributed by atoms with Crippen LogP contribution in [-0.2, 0) is 0 Å². The molecule has 11 heteroatoms. The fourth-order valence-corrected chi connectivity index (χ4v) is 4.90. The standard InChI is InChI=1S/C22H21ClN10/c23-19-17(5-12(7-24)6-18(19)32-10-15-3-4-16(11-32)27-15)29-21-30-20-13(8-25)9-26-33(20)22(31-21)28-14-1-2-14/h5-6,9,14-16,27H,1-4,10-11H2,(H2,28,29,30,31). The molecule has 33 heavy (non-hydrogen) atoms. The van der Waals surface area contributed by atoms with Crippen LogP contribution in [0.2, 0.25) is 5.02 Å². The van der Waals surface area contributed by atoms with Crippen molar-refractivity contribution in [2.45, 2.75) is 43.8 Å². The summed E-state index contributed by atoms with van der Waals surface area (Å²) < 4.78 is 1.54. The van der Waals surface area contributed by atoms with Gasteiger partial charge in [0.25, 0.3) is 0 Å². The summed E-state index contributed by atoms with van der Waals surface area (Å²) in [4.78, 5) is 11.4. The summed E-state index contributed by atoms with van der Waals surface area (Å²) in [6.45, 7) is 1.70. The first kappa shape index (κ1) is 20.0. The number of fused-ring (bicyclic) bond motifs is 3. The highest BCUT2D eigenvalue weighted by Gasteiger charge is 2.33. The molecule has 1 saturated carbocycles. The second-order valence-electron chi connectivity index (χ2n) is 8.83. The first-order chi connectivity index (χ1) is 16.1. The lowest BCUT2D eigenvalue weighted by Crippen LogP contribution is -2.51. The van der Waals surface area contributed by atoms with Crippen molar-refractivity contribution in [1.29, 1.82) is 10.5 Å². The zero-order valence-corrected chi connectivity index (χ0v) is 18.5. The van der Waals surface area contributed by atoms with E-state index < -0.39 is 0 Å². The smallest absolute Gasteiger partial charge is 0.232 e. The van der Waals surface area contributed by atoms with Crippen LogP contribution in [0, 0.1) is 22.7 Å². The van der Waals surface area contributed by atoms with E-state index in [1.54, 1.807) is 6.07 Å². The van der Waals surface area contributed by atoms with Gasteiger partial charge in [0.15, 0.2) is 5.65 Å². The largest absolute Gasteiger partial charge is 0.367 e. The van der Waals surface area contributed by atoms with Gasteiger partial charge in [-0.2, -0.15) is 30.1 Å². The number of nitrogens with zero attached hydrogens (tertiary/aromatic N) is 7. The Labute approximate surface area is 195 Å². The molecule has 3 fully saturated rings. The lowest BCUT2D eigenvalue weighted by molar-refractivity contribution is 0.466. The number of aromatic nitrogens is 4. The van der Waals surface area contributed by atoms with Crippen LogP contribution in [0.1, 0.15) is 36.8 Å². The minimum Gasteiger partial charge on any atom is -0.367 e. The predicted molar refractivity (Wildman–Crippen MR) is 124 cm³/mol. The Balaban J connectivity index is 1.39. The highest BCUT2D eigenvalue weighted by atomic mass is 35.5. The Morgan fingerprint density at radius 1 is 1.06 bits per heavy atom. The normalized spacial score (nSPS) is 21.6. The van der Waals surface area contributed by atoms with E-state index in [0.29, 0.717) is 51.6 Å². The van der Waals surface area contributed by atoms with Gasteiger partial charge in [0, 0.05) is 31.2 Å². The summed E-state index contributed by atoms with van der Waals surface area (Å²) in [5.41, 5.74) is 2.65. The molecule has 0 spiro atoms. The van der Waals surface area contributed by atoms with Gasteiger partial charge in [-0.15, -0.1) is 0 Å². The van der Waals surface area contributed by atoms with E-state index in [-0.39, 0.29) is 5.95 Å². The van der Waals surface area contributed by atoms with E-state index in [1.165, 1.54) is 10.7 Å². The summed E-state index contributed by atoms with van der Waals surface area (Å²) in [6.07, 6.45) is 5.91. The average Bonchev–Trinajstić information content (AvgIpc) is 3.44. The van der Waals surface area contributed by atoms with Crippen molar-refractivity contribution in [2.24, 2.45) is 0 Å². The molecule has 2 bridgehead atoms. The molecule has 0 amide bonds. The molecule has 4 heterocycles. The molecule has 10 nitrogen and oxygen atoms in total. The number of piperazine rings is 1. The number of nitriles is 2.